The van der Waals surface area contributed by atoms with Crippen molar-refractivity contribution in [3.63, 3.8) is 0 Å². The summed E-state index contributed by atoms with van der Waals surface area (Å²) < 4.78 is 0. The van der Waals surface area contributed by atoms with Crippen LogP contribution in [-0.4, -0.2) is 9.97 Å². The number of rotatable bonds is 4. The first-order chi connectivity index (χ1) is 7.92. The molecule has 0 radical (unpaired) electrons. The highest BCUT2D eigenvalue weighted by Crippen LogP contribution is 2.30. The van der Waals surface area contributed by atoms with Crippen LogP contribution in [0.25, 0.3) is 0 Å². The van der Waals surface area contributed by atoms with Gasteiger partial charge in [-0.1, -0.05) is 0 Å². The molecule has 2 heterocycles. The Morgan fingerprint density at radius 2 is 2.38 bits per heavy atom. The molecule has 2 N–H and O–H groups in total. The Morgan fingerprint density at radius 1 is 1.38 bits per heavy atom. The minimum absolute atomic E-state index is 0.815. The number of aromatic nitrogens is 2. The van der Waals surface area contributed by atoms with Crippen LogP contribution < -0.4 is 5.32 Å². The molecule has 2 aromatic rings. The molecule has 0 atom stereocenters. The Balaban J connectivity index is 1.54. The molecule has 3 rings (SSSR count). The molecule has 0 saturated heterocycles. The quantitative estimate of drug-likeness (QED) is 0.850. The van der Waals surface area contributed by atoms with Gasteiger partial charge in [0.2, 0.25) is 0 Å². The summed E-state index contributed by atoms with van der Waals surface area (Å²) in [5, 5.41) is 3.41. The second kappa shape index (κ2) is 4.39. The zero-order chi connectivity index (χ0) is 10.8. The first-order valence-corrected chi connectivity index (χ1v) is 6.53. The number of H-pyrrole nitrogens is 1. The summed E-state index contributed by atoms with van der Waals surface area (Å²) in [5.74, 6) is 1.00. The largest absolute Gasteiger partial charge is 0.348 e. The van der Waals surface area contributed by atoms with E-state index in [9.17, 15) is 0 Å². The van der Waals surface area contributed by atoms with Crippen LogP contribution in [0.3, 0.4) is 0 Å². The maximum Gasteiger partial charge on any atom is 0.120 e. The molecule has 84 valence electrons. The second-order valence-electron chi connectivity index (χ2n) is 4.15. The lowest BCUT2D eigenvalue weighted by Crippen LogP contribution is -2.12. The SMILES string of the molecule is c1c[nH]c(CNCc2cc3c(s2)CCC3)n1. The molecule has 1 aliphatic rings. The van der Waals surface area contributed by atoms with Gasteiger partial charge < -0.3 is 10.3 Å². The third-order valence-corrected chi connectivity index (χ3v) is 4.18. The Morgan fingerprint density at radius 3 is 3.19 bits per heavy atom. The molecular weight excluding hydrogens is 218 g/mol. The van der Waals surface area contributed by atoms with E-state index in [2.05, 4.69) is 21.4 Å². The van der Waals surface area contributed by atoms with Crippen LogP contribution in [-0.2, 0) is 25.9 Å². The summed E-state index contributed by atoms with van der Waals surface area (Å²) in [6.45, 7) is 1.77. The van der Waals surface area contributed by atoms with E-state index >= 15 is 0 Å². The number of nitrogens with zero attached hydrogens (tertiary/aromatic N) is 1. The predicted octanol–water partition coefficient (Wildman–Crippen LogP) is 2.25. The van der Waals surface area contributed by atoms with Crippen molar-refractivity contribution in [1.29, 1.82) is 0 Å². The van der Waals surface area contributed by atoms with E-state index in [1.54, 1.807) is 16.6 Å². The first-order valence-electron chi connectivity index (χ1n) is 5.71. The summed E-state index contributed by atoms with van der Waals surface area (Å²) in [7, 11) is 0. The molecule has 0 aliphatic heterocycles. The van der Waals surface area contributed by atoms with Gasteiger partial charge in [-0.3, -0.25) is 0 Å². The van der Waals surface area contributed by atoms with E-state index in [0.29, 0.717) is 0 Å². The number of hydrogen-bond donors (Lipinski definition) is 2. The van der Waals surface area contributed by atoms with Gasteiger partial charge in [-0.2, -0.15) is 0 Å². The fourth-order valence-corrected chi connectivity index (χ4v) is 3.41. The smallest absolute Gasteiger partial charge is 0.120 e. The second-order valence-corrected chi connectivity index (χ2v) is 5.38. The van der Waals surface area contributed by atoms with Crippen molar-refractivity contribution in [1.82, 2.24) is 15.3 Å². The number of aromatic amines is 1. The van der Waals surface area contributed by atoms with Gasteiger partial charge in [0, 0.05) is 28.7 Å². The number of thiophene rings is 1. The number of hydrogen-bond acceptors (Lipinski definition) is 3. The summed E-state index contributed by atoms with van der Waals surface area (Å²) in [5.41, 5.74) is 1.58. The summed E-state index contributed by atoms with van der Waals surface area (Å²) in [4.78, 5) is 10.3. The van der Waals surface area contributed by atoms with Crippen molar-refractivity contribution in [2.45, 2.75) is 32.4 Å². The lowest BCUT2D eigenvalue weighted by molar-refractivity contribution is 0.674. The van der Waals surface area contributed by atoms with Gasteiger partial charge >= 0.3 is 0 Å². The Bertz CT molecular complexity index is 437. The minimum atomic E-state index is 0.815. The molecular formula is C12H15N3S. The van der Waals surface area contributed by atoms with Gasteiger partial charge in [0.25, 0.3) is 0 Å². The molecule has 0 fully saturated rings. The van der Waals surface area contributed by atoms with Crippen LogP contribution in [0.15, 0.2) is 18.5 Å². The summed E-state index contributed by atoms with van der Waals surface area (Å²) >= 11 is 1.97. The topological polar surface area (TPSA) is 40.7 Å². The third kappa shape index (κ3) is 2.03. The van der Waals surface area contributed by atoms with Crippen LogP contribution in [0.1, 0.15) is 27.6 Å². The van der Waals surface area contributed by atoms with E-state index in [4.69, 9.17) is 0 Å². The van der Waals surface area contributed by atoms with Crippen molar-refractivity contribution in [2.75, 3.05) is 0 Å². The number of imidazole rings is 1. The monoisotopic (exact) mass is 233 g/mol. The van der Waals surface area contributed by atoms with E-state index in [1.807, 2.05) is 17.5 Å². The summed E-state index contributed by atoms with van der Waals surface area (Å²) in [6, 6.07) is 2.36. The molecule has 0 aromatic carbocycles. The Hall–Kier alpha value is -1.13. The predicted molar refractivity (Wildman–Crippen MR) is 65.5 cm³/mol. The van der Waals surface area contributed by atoms with Gasteiger partial charge in [-0.05, 0) is 30.9 Å². The van der Waals surface area contributed by atoms with Crippen molar-refractivity contribution >= 4 is 11.3 Å². The molecule has 0 amide bonds. The molecule has 0 saturated carbocycles. The van der Waals surface area contributed by atoms with Crippen molar-refractivity contribution in [3.05, 3.63) is 39.6 Å². The molecule has 0 bridgehead atoms. The first kappa shape index (κ1) is 10.1. The maximum atomic E-state index is 4.18. The average Bonchev–Trinajstić information content (AvgIpc) is 2.91. The molecule has 1 aliphatic carbocycles. The van der Waals surface area contributed by atoms with Gasteiger partial charge in [0.05, 0.1) is 6.54 Å². The Kier molecular flexibility index (Phi) is 2.76. The molecule has 16 heavy (non-hydrogen) atoms. The van der Waals surface area contributed by atoms with E-state index in [1.165, 1.54) is 24.1 Å². The highest BCUT2D eigenvalue weighted by atomic mass is 32.1. The van der Waals surface area contributed by atoms with E-state index < -0.39 is 0 Å². The Labute approximate surface area is 98.9 Å². The molecule has 0 spiro atoms. The van der Waals surface area contributed by atoms with Gasteiger partial charge in [0.15, 0.2) is 0 Å². The van der Waals surface area contributed by atoms with Crippen LogP contribution in [0.4, 0.5) is 0 Å². The number of fused-ring (bicyclic) bond motifs is 1. The average molecular weight is 233 g/mol. The zero-order valence-corrected chi connectivity index (χ0v) is 9.94. The van der Waals surface area contributed by atoms with E-state index in [-0.39, 0.29) is 0 Å². The van der Waals surface area contributed by atoms with E-state index in [0.717, 1.165) is 18.9 Å². The molecule has 0 unspecified atom stereocenters. The zero-order valence-electron chi connectivity index (χ0n) is 9.12. The lowest BCUT2D eigenvalue weighted by atomic mass is 10.2. The fraction of sp³-hybridized carbons (Fsp3) is 0.417. The van der Waals surface area contributed by atoms with Gasteiger partial charge in [0.1, 0.15) is 5.82 Å². The lowest BCUT2D eigenvalue weighted by Gasteiger charge is -1.99. The fourth-order valence-electron chi connectivity index (χ4n) is 2.18. The van der Waals surface area contributed by atoms with Crippen LogP contribution in [0.2, 0.25) is 0 Å². The normalized spacial score (nSPS) is 14.2. The number of aryl methyl sites for hydroxylation is 2. The highest BCUT2D eigenvalue weighted by Gasteiger charge is 2.14. The molecule has 4 heteroatoms. The maximum absolute atomic E-state index is 4.18. The standard InChI is InChI=1S/C12H15N3S/c1-2-9-6-10(16-11(9)3-1)7-13-8-12-14-4-5-15-12/h4-6,13H,1-3,7-8H2,(H,14,15). The van der Waals surface area contributed by atoms with Crippen molar-refractivity contribution < 1.29 is 0 Å². The van der Waals surface area contributed by atoms with Crippen LogP contribution in [0.5, 0.6) is 0 Å². The third-order valence-electron chi connectivity index (χ3n) is 2.94. The molecule has 3 nitrogen and oxygen atoms in total. The molecule has 2 aromatic heterocycles. The van der Waals surface area contributed by atoms with Gasteiger partial charge in [-0.15, -0.1) is 11.3 Å². The highest BCUT2D eigenvalue weighted by molar-refractivity contribution is 7.12. The minimum Gasteiger partial charge on any atom is -0.348 e. The summed E-state index contributed by atoms with van der Waals surface area (Å²) in [6.07, 6.45) is 7.57. The van der Waals surface area contributed by atoms with Crippen molar-refractivity contribution in [2.24, 2.45) is 0 Å². The van der Waals surface area contributed by atoms with Gasteiger partial charge in [-0.25, -0.2) is 4.98 Å². The van der Waals surface area contributed by atoms with Crippen LogP contribution in [0, 0.1) is 0 Å². The van der Waals surface area contributed by atoms with Crippen molar-refractivity contribution in [3.8, 4) is 0 Å². The number of nitrogens with one attached hydrogen (secondary N) is 2. The van der Waals surface area contributed by atoms with Crippen LogP contribution >= 0.6 is 11.3 Å².